The van der Waals surface area contributed by atoms with E-state index in [0.29, 0.717) is 25.9 Å². The van der Waals surface area contributed by atoms with E-state index < -0.39 is 0 Å². The summed E-state index contributed by atoms with van der Waals surface area (Å²) in [4.78, 5) is 28.7. The van der Waals surface area contributed by atoms with Crippen LogP contribution in [0.5, 0.6) is 0 Å². The van der Waals surface area contributed by atoms with Gasteiger partial charge in [0.2, 0.25) is 5.91 Å². The van der Waals surface area contributed by atoms with E-state index in [1.165, 1.54) is 12.1 Å². The topological polar surface area (TPSA) is 52.7 Å². The minimum Gasteiger partial charge on any atom is -0.339 e. The van der Waals surface area contributed by atoms with Crippen LogP contribution in [0.4, 0.5) is 14.9 Å². The van der Waals surface area contributed by atoms with Gasteiger partial charge < -0.3 is 15.1 Å². The Hall–Kier alpha value is -2.89. The normalized spacial score (nSPS) is 15.8. The second kappa shape index (κ2) is 8.87. The fourth-order valence-electron chi connectivity index (χ4n) is 3.50. The summed E-state index contributed by atoms with van der Waals surface area (Å²) in [6, 6.07) is 15.3. The van der Waals surface area contributed by atoms with Crippen LogP contribution in [-0.4, -0.2) is 41.9 Å². The molecule has 1 saturated heterocycles. The molecule has 3 amide bonds. The van der Waals surface area contributed by atoms with Crippen LogP contribution in [0.2, 0.25) is 0 Å². The third kappa shape index (κ3) is 4.68. The van der Waals surface area contributed by atoms with Gasteiger partial charge in [0.05, 0.1) is 6.04 Å². The van der Waals surface area contributed by atoms with Gasteiger partial charge in [-0.05, 0) is 49.6 Å². The monoisotopic (exact) mass is 383 g/mol. The Morgan fingerprint density at radius 3 is 2.29 bits per heavy atom. The number of hydrogen-bond donors (Lipinski definition) is 1. The molecule has 0 radical (unpaired) electrons. The van der Waals surface area contributed by atoms with Crippen LogP contribution in [-0.2, 0) is 4.79 Å². The summed E-state index contributed by atoms with van der Waals surface area (Å²) >= 11 is 0. The van der Waals surface area contributed by atoms with E-state index in [4.69, 9.17) is 0 Å². The average Bonchev–Trinajstić information content (AvgIpc) is 2.73. The van der Waals surface area contributed by atoms with Crippen molar-refractivity contribution < 1.29 is 14.0 Å². The number of hydrogen-bond acceptors (Lipinski definition) is 2. The molecule has 0 aliphatic carbocycles. The number of carbonyl (C=O) groups excluding carboxylic acids is 2. The van der Waals surface area contributed by atoms with E-state index >= 15 is 0 Å². The minimum absolute atomic E-state index is 0.0694. The van der Waals surface area contributed by atoms with Crippen molar-refractivity contribution in [2.24, 2.45) is 5.92 Å². The average molecular weight is 383 g/mol. The number of halogens is 1. The lowest BCUT2D eigenvalue weighted by Crippen LogP contribution is -2.45. The maximum Gasteiger partial charge on any atom is 0.321 e. The van der Waals surface area contributed by atoms with Gasteiger partial charge in [-0.2, -0.15) is 0 Å². The van der Waals surface area contributed by atoms with Crippen molar-refractivity contribution in [1.82, 2.24) is 9.80 Å². The lowest BCUT2D eigenvalue weighted by atomic mass is 9.94. The van der Waals surface area contributed by atoms with Crippen LogP contribution < -0.4 is 5.32 Å². The number of nitrogens with one attached hydrogen (secondary N) is 1. The highest BCUT2D eigenvalue weighted by Gasteiger charge is 2.30. The Balaban J connectivity index is 1.52. The highest BCUT2D eigenvalue weighted by Crippen LogP contribution is 2.25. The molecule has 6 heteroatoms. The third-order valence-corrected chi connectivity index (χ3v) is 5.44. The number of likely N-dealkylation sites (tertiary alicyclic amines) is 1. The number of rotatable bonds is 4. The maximum absolute atomic E-state index is 13.1. The number of piperidine rings is 1. The molecule has 0 bridgehead atoms. The molecule has 1 unspecified atom stereocenters. The molecule has 1 atom stereocenters. The zero-order valence-electron chi connectivity index (χ0n) is 16.3. The quantitative estimate of drug-likeness (QED) is 0.856. The Kier molecular flexibility index (Phi) is 6.29. The summed E-state index contributed by atoms with van der Waals surface area (Å²) in [7, 11) is 1.78. The molecular weight excluding hydrogens is 357 g/mol. The molecule has 148 valence electrons. The van der Waals surface area contributed by atoms with E-state index in [9.17, 15) is 14.0 Å². The van der Waals surface area contributed by atoms with Gasteiger partial charge in [0.1, 0.15) is 5.82 Å². The van der Waals surface area contributed by atoms with Gasteiger partial charge in [-0.15, -0.1) is 0 Å². The summed E-state index contributed by atoms with van der Waals surface area (Å²) < 4.78 is 13.1. The van der Waals surface area contributed by atoms with Crippen LogP contribution in [0.15, 0.2) is 54.6 Å². The maximum atomic E-state index is 13.1. The highest BCUT2D eigenvalue weighted by molar-refractivity contribution is 5.89. The Morgan fingerprint density at radius 1 is 1.07 bits per heavy atom. The Morgan fingerprint density at radius 2 is 1.68 bits per heavy atom. The molecular formula is C22H26FN3O2. The first-order valence-electron chi connectivity index (χ1n) is 9.59. The van der Waals surface area contributed by atoms with Crippen LogP contribution in [0.3, 0.4) is 0 Å². The molecule has 28 heavy (non-hydrogen) atoms. The molecule has 5 nitrogen and oxygen atoms in total. The molecule has 0 spiro atoms. The van der Waals surface area contributed by atoms with E-state index in [-0.39, 0.29) is 29.7 Å². The first-order valence-corrected chi connectivity index (χ1v) is 9.59. The number of carbonyl (C=O) groups is 2. The van der Waals surface area contributed by atoms with Crippen molar-refractivity contribution in [1.29, 1.82) is 0 Å². The van der Waals surface area contributed by atoms with Gasteiger partial charge in [0.25, 0.3) is 0 Å². The van der Waals surface area contributed by atoms with Crippen molar-refractivity contribution in [2.45, 2.75) is 25.8 Å². The zero-order valence-corrected chi connectivity index (χ0v) is 16.3. The second-order valence-corrected chi connectivity index (χ2v) is 7.23. The summed E-state index contributed by atoms with van der Waals surface area (Å²) in [5, 5.41) is 2.88. The highest BCUT2D eigenvalue weighted by atomic mass is 19.1. The molecule has 2 aromatic rings. The summed E-state index contributed by atoms with van der Waals surface area (Å²) in [5.41, 5.74) is 1.66. The van der Waals surface area contributed by atoms with Gasteiger partial charge >= 0.3 is 6.03 Å². The van der Waals surface area contributed by atoms with Crippen molar-refractivity contribution >= 4 is 17.6 Å². The predicted molar refractivity (Wildman–Crippen MR) is 107 cm³/mol. The number of amides is 3. The third-order valence-electron chi connectivity index (χ3n) is 5.44. The van der Waals surface area contributed by atoms with Crippen LogP contribution in [0.25, 0.3) is 0 Å². The van der Waals surface area contributed by atoms with Crippen molar-refractivity contribution in [3.05, 3.63) is 66.0 Å². The van der Waals surface area contributed by atoms with Gasteiger partial charge in [0, 0.05) is 31.7 Å². The number of urea groups is 1. The molecule has 0 saturated carbocycles. The van der Waals surface area contributed by atoms with Crippen LogP contribution in [0.1, 0.15) is 31.4 Å². The van der Waals surface area contributed by atoms with Crippen molar-refractivity contribution in [3.8, 4) is 0 Å². The fourth-order valence-corrected chi connectivity index (χ4v) is 3.50. The molecule has 1 aliphatic rings. The second-order valence-electron chi connectivity index (χ2n) is 7.23. The molecule has 1 heterocycles. The number of benzene rings is 2. The largest absolute Gasteiger partial charge is 0.339 e. The van der Waals surface area contributed by atoms with Crippen molar-refractivity contribution in [3.63, 3.8) is 0 Å². The number of anilines is 1. The summed E-state index contributed by atoms with van der Waals surface area (Å²) in [6.07, 6.45) is 1.28. The molecule has 1 aliphatic heterocycles. The zero-order chi connectivity index (χ0) is 20.1. The first kappa shape index (κ1) is 19.9. The van der Waals surface area contributed by atoms with Gasteiger partial charge in [-0.1, -0.05) is 30.3 Å². The lowest BCUT2D eigenvalue weighted by molar-refractivity contribution is -0.137. The standard InChI is InChI=1S/C22H26FN3O2/c1-16(17-8-10-19(23)11-9-17)25(2)21(27)18-12-14-26(15-13-18)22(28)24-20-6-4-3-5-7-20/h3-11,16,18H,12-15H2,1-2H3,(H,24,28). The Labute approximate surface area is 165 Å². The minimum atomic E-state index is -0.286. The van der Waals surface area contributed by atoms with Crippen LogP contribution >= 0.6 is 0 Å². The van der Waals surface area contributed by atoms with E-state index in [1.807, 2.05) is 37.3 Å². The number of para-hydroxylation sites is 1. The summed E-state index contributed by atoms with van der Waals surface area (Å²) in [6.45, 7) is 3.04. The fraction of sp³-hybridized carbons (Fsp3) is 0.364. The summed E-state index contributed by atoms with van der Waals surface area (Å²) in [5.74, 6) is -0.320. The predicted octanol–water partition coefficient (Wildman–Crippen LogP) is 4.29. The van der Waals surface area contributed by atoms with Gasteiger partial charge in [0.15, 0.2) is 0 Å². The Bertz CT molecular complexity index is 802. The van der Waals surface area contributed by atoms with Gasteiger partial charge in [-0.3, -0.25) is 4.79 Å². The molecule has 0 aromatic heterocycles. The van der Waals surface area contributed by atoms with Crippen molar-refractivity contribution in [2.75, 3.05) is 25.5 Å². The SMILES string of the molecule is CC(c1ccc(F)cc1)N(C)C(=O)C1CCN(C(=O)Nc2ccccc2)CC1. The van der Waals surface area contributed by atoms with E-state index in [2.05, 4.69) is 5.32 Å². The molecule has 1 fully saturated rings. The lowest BCUT2D eigenvalue weighted by Gasteiger charge is -2.35. The van der Waals surface area contributed by atoms with E-state index in [1.54, 1.807) is 29.0 Å². The first-order chi connectivity index (χ1) is 13.5. The molecule has 3 rings (SSSR count). The van der Waals surface area contributed by atoms with Gasteiger partial charge in [-0.25, -0.2) is 9.18 Å². The smallest absolute Gasteiger partial charge is 0.321 e. The molecule has 1 N–H and O–H groups in total. The van der Waals surface area contributed by atoms with Crippen LogP contribution in [0, 0.1) is 11.7 Å². The molecule has 2 aromatic carbocycles. The number of nitrogens with zero attached hydrogens (tertiary/aromatic N) is 2. The van der Waals surface area contributed by atoms with E-state index in [0.717, 1.165) is 11.3 Å².